The van der Waals surface area contributed by atoms with E-state index >= 15 is 0 Å². The second-order valence-electron chi connectivity index (χ2n) is 3.88. The van der Waals surface area contributed by atoms with E-state index in [2.05, 4.69) is 0 Å². The van der Waals surface area contributed by atoms with Crippen LogP contribution < -0.4 is 4.74 Å². The molecule has 0 saturated heterocycles. The molecule has 0 atom stereocenters. The first-order valence-electron chi connectivity index (χ1n) is 5.43. The summed E-state index contributed by atoms with van der Waals surface area (Å²) in [6.45, 7) is 0. The number of carbonyl (C=O) groups is 1. The van der Waals surface area contributed by atoms with Crippen molar-refractivity contribution in [2.24, 2.45) is 0 Å². The average molecular weight is 262 g/mol. The number of carboxylic acids is 1. The van der Waals surface area contributed by atoms with Crippen molar-refractivity contribution in [2.75, 3.05) is 7.11 Å². The molecule has 2 aromatic rings. The Labute approximate surface area is 108 Å². The first-order chi connectivity index (χ1) is 9.02. The fourth-order valence-electron chi connectivity index (χ4n) is 1.77. The first-order valence-corrected chi connectivity index (χ1v) is 5.43. The Hall–Kier alpha value is -2.56. The molecular formula is C14H11FO4. The number of hydrogen-bond donors (Lipinski definition) is 2. The summed E-state index contributed by atoms with van der Waals surface area (Å²) < 4.78 is 18.2. The highest BCUT2D eigenvalue weighted by molar-refractivity contribution is 5.92. The molecule has 0 spiro atoms. The van der Waals surface area contributed by atoms with Crippen LogP contribution >= 0.6 is 0 Å². The zero-order valence-corrected chi connectivity index (χ0v) is 10.1. The minimum atomic E-state index is -1.12. The first kappa shape index (κ1) is 12.9. The molecule has 0 aliphatic carbocycles. The average Bonchev–Trinajstić information content (AvgIpc) is 2.40. The van der Waals surface area contributed by atoms with Gasteiger partial charge in [-0.15, -0.1) is 0 Å². The lowest BCUT2D eigenvalue weighted by atomic mass is 10.0. The molecule has 0 heterocycles. The van der Waals surface area contributed by atoms with Crippen LogP contribution in [-0.4, -0.2) is 23.3 Å². The number of aromatic hydroxyl groups is 1. The van der Waals surface area contributed by atoms with Gasteiger partial charge >= 0.3 is 5.97 Å². The second kappa shape index (κ2) is 4.97. The van der Waals surface area contributed by atoms with Crippen molar-refractivity contribution in [3.8, 4) is 22.6 Å². The maximum Gasteiger partial charge on any atom is 0.339 e. The molecule has 0 fully saturated rings. The summed E-state index contributed by atoms with van der Waals surface area (Å²) in [6, 6.07) is 7.83. The summed E-state index contributed by atoms with van der Waals surface area (Å²) in [5, 5.41) is 18.7. The van der Waals surface area contributed by atoms with Crippen molar-refractivity contribution >= 4 is 5.97 Å². The van der Waals surface area contributed by atoms with Crippen LogP contribution in [0.4, 0.5) is 4.39 Å². The molecule has 2 rings (SSSR count). The second-order valence-corrected chi connectivity index (χ2v) is 3.88. The quantitative estimate of drug-likeness (QED) is 0.892. The fraction of sp³-hybridized carbons (Fsp3) is 0.0714. The van der Waals surface area contributed by atoms with Crippen LogP contribution in [0.1, 0.15) is 10.4 Å². The third-order valence-electron chi connectivity index (χ3n) is 2.70. The topological polar surface area (TPSA) is 66.8 Å². The maximum absolute atomic E-state index is 13.2. The number of hydrogen-bond acceptors (Lipinski definition) is 3. The van der Waals surface area contributed by atoms with E-state index in [4.69, 9.17) is 9.84 Å². The highest BCUT2D eigenvalue weighted by Gasteiger charge is 2.13. The molecule has 4 nitrogen and oxygen atoms in total. The van der Waals surface area contributed by atoms with E-state index in [0.717, 1.165) is 6.07 Å². The molecule has 0 amide bonds. The van der Waals surface area contributed by atoms with Gasteiger partial charge in [0, 0.05) is 5.56 Å². The Balaban J connectivity index is 2.57. The van der Waals surface area contributed by atoms with Crippen LogP contribution in [0.2, 0.25) is 0 Å². The van der Waals surface area contributed by atoms with Crippen LogP contribution in [0.5, 0.6) is 11.5 Å². The number of phenols is 1. The molecule has 19 heavy (non-hydrogen) atoms. The molecule has 0 aliphatic rings. The lowest BCUT2D eigenvalue weighted by Gasteiger charge is -2.09. The summed E-state index contributed by atoms with van der Waals surface area (Å²) in [5.74, 6) is -1.55. The lowest BCUT2D eigenvalue weighted by Crippen LogP contribution is -2.00. The van der Waals surface area contributed by atoms with E-state index in [0.29, 0.717) is 5.56 Å². The number of rotatable bonds is 3. The lowest BCUT2D eigenvalue weighted by molar-refractivity contribution is 0.0693. The van der Waals surface area contributed by atoms with E-state index in [1.807, 2.05) is 0 Å². The summed E-state index contributed by atoms with van der Waals surface area (Å²) in [5.41, 5.74) is 0.747. The van der Waals surface area contributed by atoms with Crippen LogP contribution in [-0.2, 0) is 0 Å². The van der Waals surface area contributed by atoms with Gasteiger partial charge in [-0.3, -0.25) is 0 Å². The number of ether oxygens (including phenoxy) is 1. The number of phenolic OH excluding ortho intramolecular Hbond substituents is 1. The Morgan fingerprint density at radius 2 is 1.95 bits per heavy atom. The van der Waals surface area contributed by atoms with Crippen LogP contribution in [0.3, 0.4) is 0 Å². The molecule has 0 aliphatic heterocycles. The molecule has 2 N–H and O–H groups in total. The smallest absolute Gasteiger partial charge is 0.339 e. The van der Waals surface area contributed by atoms with Gasteiger partial charge in [-0.25, -0.2) is 9.18 Å². The summed E-state index contributed by atoms with van der Waals surface area (Å²) in [4.78, 5) is 11.0. The van der Waals surface area contributed by atoms with Gasteiger partial charge in [-0.1, -0.05) is 6.07 Å². The molecule has 5 heteroatoms. The molecule has 2 aromatic carbocycles. The highest BCUT2D eigenvalue weighted by atomic mass is 19.1. The van der Waals surface area contributed by atoms with E-state index in [-0.39, 0.29) is 22.6 Å². The van der Waals surface area contributed by atoms with E-state index in [1.54, 1.807) is 0 Å². The molecule has 0 saturated carbocycles. The van der Waals surface area contributed by atoms with Crippen molar-refractivity contribution < 1.29 is 24.1 Å². The van der Waals surface area contributed by atoms with Crippen molar-refractivity contribution in [1.29, 1.82) is 0 Å². The monoisotopic (exact) mass is 262 g/mol. The van der Waals surface area contributed by atoms with Gasteiger partial charge in [0.05, 0.1) is 7.11 Å². The zero-order valence-electron chi connectivity index (χ0n) is 10.1. The van der Waals surface area contributed by atoms with E-state index in [1.165, 1.54) is 37.4 Å². The van der Waals surface area contributed by atoms with Crippen molar-refractivity contribution in [2.45, 2.75) is 0 Å². The largest absolute Gasteiger partial charge is 0.507 e. The third-order valence-corrected chi connectivity index (χ3v) is 2.70. The van der Waals surface area contributed by atoms with E-state index < -0.39 is 11.8 Å². The zero-order chi connectivity index (χ0) is 14.0. The van der Waals surface area contributed by atoms with Crippen molar-refractivity contribution in [3.63, 3.8) is 0 Å². The standard InChI is InChI=1S/C14H11FO4/c1-19-13-6-8(2-4-10(13)14(17)18)11-7-9(15)3-5-12(11)16/h2-7,16H,1H3,(H,17,18). The number of benzene rings is 2. The predicted molar refractivity (Wildman–Crippen MR) is 67.0 cm³/mol. The maximum atomic E-state index is 13.2. The summed E-state index contributed by atoms with van der Waals surface area (Å²) >= 11 is 0. The van der Waals surface area contributed by atoms with Gasteiger partial charge in [0.25, 0.3) is 0 Å². The molecule has 0 radical (unpaired) electrons. The molecule has 0 aromatic heterocycles. The van der Waals surface area contributed by atoms with Crippen molar-refractivity contribution in [1.82, 2.24) is 0 Å². The molecule has 0 unspecified atom stereocenters. The molecular weight excluding hydrogens is 251 g/mol. The minimum Gasteiger partial charge on any atom is -0.507 e. The Morgan fingerprint density at radius 3 is 2.58 bits per heavy atom. The minimum absolute atomic E-state index is 0.00198. The predicted octanol–water partition coefficient (Wildman–Crippen LogP) is 2.91. The van der Waals surface area contributed by atoms with Gasteiger partial charge < -0.3 is 14.9 Å². The van der Waals surface area contributed by atoms with Crippen LogP contribution in [0, 0.1) is 5.82 Å². The SMILES string of the molecule is COc1cc(-c2cc(F)ccc2O)ccc1C(=O)O. The Kier molecular flexibility index (Phi) is 3.37. The van der Waals surface area contributed by atoms with Gasteiger partial charge in [0.15, 0.2) is 0 Å². The Morgan fingerprint density at radius 1 is 1.21 bits per heavy atom. The van der Waals surface area contributed by atoms with Crippen molar-refractivity contribution in [3.05, 3.63) is 47.8 Å². The number of halogens is 1. The number of aromatic carboxylic acids is 1. The highest BCUT2D eigenvalue weighted by Crippen LogP contribution is 2.33. The third kappa shape index (κ3) is 2.49. The summed E-state index contributed by atoms with van der Waals surface area (Å²) in [6.07, 6.45) is 0. The normalized spacial score (nSPS) is 10.2. The number of methoxy groups -OCH3 is 1. The van der Waals surface area contributed by atoms with Gasteiger partial charge in [0.1, 0.15) is 22.9 Å². The van der Waals surface area contributed by atoms with Gasteiger partial charge in [-0.05, 0) is 35.9 Å². The van der Waals surface area contributed by atoms with Crippen LogP contribution in [0.15, 0.2) is 36.4 Å². The Bertz CT molecular complexity index is 637. The summed E-state index contributed by atoms with van der Waals surface area (Å²) in [7, 11) is 1.34. The molecule has 0 bridgehead atoms. The molecule has 98 valence electrons. The van der Waals surface area contributed by atoms with Gasteiger partial charge in [-0.2, -0.15) is 0 Å². The fourth-order valence-corrected chi connectivity index (χ4v) is 1.77. The van der Waals surface area contributed by atoms with E-state index in [9.17, 15) is 14.3 Å². The van der Waals surface area contributed by atoms with Gasteiger partial charge in [0.2, 0.25) is 0 Å². The van der Waals surface area contributed by atoms with Crippen LogP contribution in [0.25, 0.3) is 11.1 Å². The number of carboxylic acid groups (broad SMARTS) is 1.